The van der Waals surface area contributed by atoms with E-state index in [4.69, 9.17) is 4.74 Å². The maximum absolute atomic E-state index is 13.2. The van der Waals surface area contributed by atoms with Crippen LogP contribution in [0.15, 0.2) is 17.0 Å². The second-order valence-corrected chi connectivity index (χ2v) is 13.4. The van der Waals surface area contributed by atoms with Crippen molar-refractivity contribution in [1.29, 1.82) is 0 Å². The van der Waals surface area contributed by atoms with Crippen LogP contribution in [0.25, 0.3) is 0 Å². The summed E-state index contributed by atoms with van der Waals surface area (Å²) in [7, 11) is 4.41. The minimum absolute atomic E-state index is 0.0782. The number of benzene rings is 1. The van der Waals surface area contributed by atoms with E-state index < -0.39 is 11.0 Å². The Morgan fingerprint density at radius 3 is 2.54 bits per heavy atom. The summed E-state index contributed by atoms with van der Waals surface area (Å²) in [5.74, 6) is 3.26. The topological polar surface area (TPSA) is 65.1 Å². The number of methoxy groups -OCH3 is 1. The summed E-state index contributed by atoms with van der Waals surface area (Å²) in [6, 6.07) is 4.11. The van der Waals surface area contributed by atoms with Crippen molar-refractivity contribution in [1.82, 2.24) is 19.4 Å². The Hall–Kier alpha value is -1.48. The van der Waals surface area contributed by atoms with Gasteiger partial charge in [0.15, 0.2) is 0 Å². The van der Waals surface area contributed by atoms with Crippen LogP contribution in [-0.4, -0.2) is 90.7 Å². The van der Waals surface area contributed by atoms with Crippen LogP contribution in [0.2, 0.25) is 0 Å². The van der Waals surface area contributed by atoms with E-state index in [1.807, 2.05) is 33.0 Å². The number of hydrogen-bond donors (Lipinski definition) is 1. The Balaban J connectivity index is 1.17. The number of nitrogens with one attached hydrogen (secondary N) is 1. The molecule has 2 heterocycles. The van der Waals surface area contributed by atoms with Gasteiger partial charge in [-0.1, -0.05) is 0 Å². The van der Waals surface area contributed by atoms with Gasteiger partial charge in [0.1, 0.15) is 16.7 Å². The number of fused-ring (bicyclic) bond motifs is 1. The number of hydrogen-bond acceptors (Lipinski definition) is 5. The van der Waals surface area contributed by atoms with Crippen molar-refractivity contribution in [2.24, 2.45) is 17.8 Å². The third-order valence-electron chi connectivity index (χ3n) is 8.94. The molecular weight excluding hydrogens is 484 g/mol. The van der Waals surface area contributed by atoms with E-state index in [0.717, 1.165) is 52.4 Å². The summed E-state index contributed by atoms with van der Waals surface area (Å²) in [6.45, 7) is 10.6. The lowest BCUT2D eigenvalue weighted by Gasteiger charge is -2.44. The van der Waals surface area contributed by atoms with E-state index in [1.54, 1.807) is 11.4 Å². The average Bonchev–Trinajstić information content (AvgIpc) is 3.30. The molecule has 1 aromatic rings. The summed E-state index contributed by atoms with van der Waals surface area (Å²) in [4.78, 5) is 18.8. The molecule has 208 valence electrons. The molecule has 3 fully saturated rings. The monoisotopic (exact) mass is 532 g/mol. The van der Waals surface area contributed by atoms with Gasteiger partial charge in [-0.2, -0.15) is 0 Å². The summed E-state index contributed by atoms with van der Waals surface area (Å²) < 4.78 is 20.3. The maximum Gasteiger partial charge on any atom is 0.221 e. The Morgan fingerprint density at radius 1 is 1.11 bits per heavy atom. The minimum Gasteiger partial charge on any atom is -0.497 e. The quantitative estimate of drug-likeness (QED) is 0.499. The fourth-order valence-electron chi connectivity index (χ4n) is 6.75. The highest BCUT2D eigenvalue weighted by atomic mass is 32.2. The third-order valence-corrected chi connectivity index (χ3v) is 10.7. The Bertz CT molecular complexity index is 934. The fraction of sp³-hybridized carbons (Fsp3) is 0.759. The summed E-state index contributed by atoms with van der Waals surface area (Å²) in [5.41, 5.74) is 1.89. The molecule has 1 N–H and O–H groups in total. The fourth-order valence-corrected chi connectivity index (χ4v) is 7.99. The zero-order chi connectivity index (χ0) is 26.5. The number of carbonyl (C=O) groups is 1. The normalized spacial score (nSPS) is 27.7. The number of amides is 1. The predicted molar refractivity (Wildman–Crippen MR) is 150 cm³/mol. The number of piperidine rings is 1. The van der Waals surface area contributed by atoms with Gasteiger partial charge in [0.2, 0.25) is 5.91 Å². The number of ether oxygens (including phenoxy) is 1. The van der Waals surface area contributed by atoms with Crippen LogP contribution in [0, 0.1) is 31.6 Å². The molecule has 1 saturated carbocycles. The van der Waals surface area contributed by atoms with E-state index in [0.29, 0.717) is 13.0 Å². The second kappa shape index (κ2) is 13.0. The number of likely N-dealkylation sites (tertiary alicyclic amines) is 2. The molecule has 0 bridgehead atoms. The molecule has 0 aromatic heterocycles. The van der Waals surface area contributed by atoms with Gasteiger partial charge in [-0.15, -0.1) is 0 Å². The predicted octanol–water partition coefficient (Wildman–Crippen LogP) is 3.61. The molecule has 5 unspecified atom stereocenters. The zero-order valence-electron chi connectivity index (χ0n) is 23.6. The van der Waals surface area contributed by atoms with Crippen molar-refractivity contribution in [3.8, 4) is 5.75 Å². The third kappa shape index (κ3) is 7.55. The lowest BCUT2D eigenvalue weighted by molar-refractivity contribution is -0.122. The van der Waals surface area contributed by atoms with Crippen molar-refractivity contribution >= 4 is 16.9 Å². The van der Waals surface area contributed by atoms with E-state index in [1.165, 1.54) is 58.4 Å². The average molecular weight is 533 g/mol. The van der Waals surface area contributed by atoms with Crippen molar-refractivity contribution < 1.29 is 13.7 Å². The highest BCUT2D eigenvalue weighted by Crippen LogP contribution is 2.36. The minimum atomic E-state index is -1.31. The van der Waals surface area contributed by atoms with Gasteiger partial charge in [0, 0.05) is 39.1 Å². The summed E-state index contributed by atoms with van der Waals surface area (Å²) in [6.07, 6.45) is 7.76. The summed E-state index contributed by atoms with van der Waals surface area (Å²) >= 11 is 0. The largest absolute Gasteiger partial charge is 0.497 e. The number of aryl methyl sites for hydroxylation is 2. The van der Waals surface area contributed by atoms with Gasteiger partial charge >= 0.3 is 0 Å². The Labute approximate surface area is 226 Å². The molecule has 1 amide bonds. The standard InChI is InChI=1S/C29H48N4O3S/c1-21-16-27(36-5)17-22(2)29(21)37(35)32(4)13-11-28(34)30-26-7-6-25-20-33(15-10-24(25)18-26)14-9-23-8-12-31(3)19-23/h16-17,23-26H,6-15,18-20H2,1-5H3,(H,30,34). The van der Waals surface area contributed by atoms with Gasteiger partial charge in [-0.25, -0.2) is 8.51 Å². The lowest BCUT2D eigenvalue weighted by atomic mass is 9.73. The molecule has 8 heteroatoms. The molecule has 3 aliphatic rings. The van der Waals surface area contributed by atoms with Gasteiger partial charge < -0.3 is 19.9 Å². The second-order valence-electron chi connectivity index (χ2n) is 11.8. The van der Waals surface area contributed by atoms with Crippen LogP contribution in [-0.2, 0) is 15.8 Å². The lowest BCUT2D eigenvalue weighted by Crippen LogP contribution is -2.48. The molecule has 5 atom stereocenters. The zero-order valence-corrected chi connectivity index (χ0v) is 24.4. The first-order valence-electron chi connectivity index (χ1n) is 14.2. The van der Waals surface area contributed by atoms with Crippen LogP contribution < -0.4 is 10.1 Å². The number of carbonyl (C=O) groups excluding carboxylic acids is 1. The van der Waals surface area contributed by atoms with Gasteiger partial charge in [-0.05, 0) is 120 Å². The summed E-state index contributed by atoms with van der Waals surface area (Å²) in [5, 5.41) is 3.30. The molecule has 37 heavy (non-hydrogen) atoms. The van der Waals surface area contributed by atoms with Gasteiger partial charge in [0.25, 0.3) is 0 Å². The molecular formula is C29H48N4O3S. The number of rotatable bonds is 10. The molecule has 0 spiro atoms. The van der Waals surface area contributed by atoms with Crippen molar-refractivity contribution in [2.45, 2.75) is 69.7 Å². The van der Waals surface area contributed by atoms with Crippen LogP contribution in [0.3, 0.4) is 0 Å². The van der Waals surface area contributed by atoms with E-state index in [-0.39, 0.29) is 11.9 Å². The first-order chi connectivity index (χ1) is 17.7. The van der Waals surface area contributed by atoms with Crippen LogP contribution >= 0.6 is 0 Å². The SMILES string of the molecule is COc1cc(C)c(S(=O)N(C)CCC(=O)NC2CCC3CN(CCC4CCN(C)C4)CCC3C2)c(C)c1. The first kappa shape index (κ1) is 28.5. The van der Waals surface area contributed by atoms with E-state index >= 15 is 0 Å². The van der Waals surface area contributed by atoms with Crippen molar-refractivity contribution in [3.63, 3.8) is 0 Å². The molecule has 4 rings (SSSR count). The molecule has 2 saturated heterocycles. The van der Waals surface area contributed by atoms with Crippen LogP contribution in [0.1, 0.15) is 56.1 Å². The van der Waals surface area contributed by atoms with Crippen LogP contribution in [0.5, 0.6) is 5.75 Å². The Kier molecular flexibility index (Phi) is 10.1. The maximum atomic E-state index is 13.2. The highest BCUT2D eigenvalue weighted by molar-refractivity contribution is 7.82. The van der Waals surface area contributed by atoms with Gasteiger partial charge in [-0.3, -0.25) is 4.79 Å². The molecule has 7 nitrogen and oxygen atoms in total. The van der Waals surface area contributed by atoms with Crippen molar-refractivity contribution in [2.75, 3.05) is 60.5 Å². The highest BCUT2D eigenvalue weighted by Gasteiger charge is 2.35. The first-order valence-corrected chi connectivity index (χ1v) is 15.3. The number of nitrogens with zero attached hydrogens (tertiary/aromatic N) is 3. The smallest absolute Gasteiger partial charge is 0.221 e. The molecule has 1 aromatic carbocycles. The molecule has 1 aliphatic carbocycles. The van der Waals surface area contributed by atoms with E-state index in [2.05, 4.69) is 22.2 Å². The molecule has 2 aliphatic heterocycles. The van der Waals surface area contributed by atoms with Crippen LogP contribution in [0.4, 0.5) is 0 Å². The van der Waals surface area contributed by atoms with E-state index in [9.17, 15) is 9.00 Å². The molecule has 0 radical (unpaired) electrons. The Morgan fingerprint density at radius 2 is 1.86 bits per heavy atom. The van der Waals surface area contributed by atoms with Gasteiger partial charge in [0.05, 0.1) is 12.0 Å². The van der Waals surface area contributed by atoms with Crippen molar-refractivity contribution in [3.05, 3.63) is 23.3 Å².